The topological polar surface area (TPSA) is 17.8 Å². The van der Waals surface area contributed by atoms with Gasteiger partial charge in [0.05, 0.1) is 6.33 Å². The van der Waals surface area contributed by atoms with Gasteiger partial charge in [-0.1, -0.05) is 18.2 Å². The van der Waals surface area contributed by atoms with E-state index in [2.05, 4.69) is 33.9 Å². The fourth-order valence-electron chi connectivity index (χ4n) is 3.93. The van der Waals surface area contributed by atoms with Gasteiger partial charge in [0.15, 0.2) is 0 Å². The highest BCUT2D eigenvalue weighted by molar-refractivity contribution is 5.43. The normalized spacial score (nSPS) is 25.1. The Morgan fingerprint density at radius 3 is 3.11 bits per heavy atom. The molecule has 2 aliphatic carbocycles. The number of benzene rings is 1. The molecule has 1 heterocycles. The first-order chi connectivity index (χ1) is 8.90. The average molecular weight is 238 g/mol. The van der Waals surface area contributed by atoms with Gasteiger partial charge in [0.25, 0.3) is 0 Å². The van der Waals surface area contributed by atoms with Crippen molar-refractivity contribution < 1.29 is 0 Å². The zero-order valence-electron chi connectivity index (χ0n) is 10.5. The van der Waals surface area contributed by atoms with Gasteiger partial charge in [-0.3, -0.25) is 0 Å². The monoisotopic (exact) mass is 238 g/mol. The van der Waals surface area contributed by atoms with Crippen LogP contribution >= 0.6 is 0 Å². The van der Waals surface area contributed by atoms with Crippen molar-refractivity contribution in [3.05, 3.63) is 53.6 Å². The summed E-state index contributed by atoms with van der Waals surface area (Å²) in [6, 6.07) is 6.92. The summed E-state index contributed by atoms with van der Waals surface area (Å²) in [5, 5.41) is 0. The molecule has 2 atom stereocenters. The van der Waals surface area contributed by atoms with E-state index in [0.29, 0.717) is 0 Å². The smallest absolute Gasteiger partial charge is 0.0945 e. The predicted octanol–water partition coefficient (Wildman–Crippen LogP) is 3.18. The van der Waals surface area contributed by atoms with Crippen molar-refractivity contribution in [1.82, 2.24) is 9.55 Å². The number of rotatable bonds is 2. The van der Waals surface area contributed by atoms with E-state index < -0.39 is 0 Å². The summed E-state index contributed by atoms with van der Waals surface area (Å²) in [7, 11) is 0. The van der Waals surface area contributed by atoms with Crippen molar-refractivity contribution in [2.45, 2.75) is 38.1 Å². The fourth-order valence-corrected chi connectivity index (χ4v) is 3.93. The number of aryl methyl sites for hydroxylation is 1. The largest absolute Gasteiger partial charge is 0.337 e. The molecule has 1 aromatic heterocycles. The van der Waals surface area contributed by atoms with Gasteiger partial charge < -0.3 is 4.57 Å². The molecule has 0 spiro atoms. The molecule has 2 aromatic rings. The first-order valence-corrected chi connectivity index (χ1v) is 6.96. The molecule has 2 aliphatic rings. The van der Waals surface area contributed by atoms with Crippen molar-refractivity contribution >= 4 is 0 Å². The predicted molar refractivity (Wildman–Crippen MR) is 71.5 cm³/mol. The van der Waals surface area contributed by atoms with Crippen LogP contribution in [0.1, 0.15) is 35.4 Å². The fraction of sp³-hybridized carbons (Fsp3) is 0.438. The van der Waals surface area contributed by atoms with E-state index >= 15 is 0 Å². The Morgan fingerprint density at radius 1 is 1.28 bits per heavy atom. The molecule has 18 heavy (non-hydrogen) atoms. The third kappa shape index (κ3) is 1.59. The highest BCUT2D eigenvalue weighted by Gasteiger charge is 2.32. The average Bonchev–Trinajstić information content (AvgIpc) is 3.01. The second-order valence-electron chi connectivity index (χ2n) is 5.79. The molecule has 4 rings (SSSR count). The number of nitrogens with zero attached hydrogens (tertiary/aromatic N) is 2. The molecule has 0 amide bonds. The minimum Gasteiger partial charge on any atom is -0.337 e. The summed E-state index contributed by atoms with van der Waals surface area (Å²) < 4.78 is 2.23. The molecule has 0 aliphatic heterocycles. The van der Waals surface area contributed by atoms with Crippen molar-refractivity contribution in [2.75, 3.05) is 0 Å². The number of imidazole rings is 1. The second kappa shape index (κ2) is 3.98. The molecule has 0 saturated carbocycles. The SMILES string of the molecule is c1cc2c3c(c1)C[C@H](Cn1ccnc1)C[C@H]3CC2. The maximum atomic E-state index is 4.14. The van der Waals surface area contributed by atoms with E-state index in [4.69, 9.17) is 0 Å². The highest BCUT2D eigenvalue weighted by atomic mass is 15.0. The van der Waals surface area contributed by atoms with Gasteiger partial charge in [-0.15, -0.1) is 0 Å². The van der Waals surface area contributed by atoms with Crippen LogP contribution in [0.2, 0.25) is 0 Å². The Hall–Kier alpha value is -1.57. The van der Waals surface area contributed by atoms with E-state index in [0.717, 1.165) is 18.4 Å². The lowest BCUT2D eigenvalue weighted by molar-refractivity contribution is 0.356. The summed E-state index contributed by atoms with van der Waals surface area (Å²) in [5.74, 6) is 1.61. The zero-order chi connectivity index (χ0) is 11.9. The molecule has 1 aromatic carbocycles. The Balaban J connectivity index is 1.62. The number of hydrogen-bond acceptors (Lipinski definition) is 1. The lowest BCUT2D eigenvalue weighted by Gasteiger charge is -2.29. The Bertz CT molecular complexity index is 556. The van der Waals surface area contributed by atoms with Crippen LogP contribution in [0.25, 0.3) is 0 Å². The lowest BCUT2D eigenvalue weighted by Crippen LogP contribution is -2.21. The standard InChI is InChI=1S/C16H18N2/c1-2-13-4-5-15-9-12(8-14(3-1)16(13)15)10-18-7-6-17-11-18/h1-3,6-7,11-12,15H,4-5,8-10H2/t12-,15+/m0/s1. The van der Waals surface area contributed by atoms with Crippen molar-refractivity contribution in [3.8, 4) is 0 Å². The van der Waals surface area contributed by atoms with Crippen LogP contribution in [0.3, 0.4) is 0 Å². The summed E-state index contributed by atoms with van der Waals surface area (Å²) in [5.41, 5.74) is 4.95. The van der Waals surface area contributed by atoms with Gasteiger partial charge in [0.1, 0.15) is 0 Å². The van der Waals surface area contributed by atoms with Gasteiger partial charge in [0, 0.05) is 18.9 Å². The van der Waals surface area contributed by atoms with Gasteiger partial charge >= 0.3 is 0 Å². The third-order valence-electron chi connectivity index (χ3n) is 4.61. The molecule has 0 radical (unpaired) electrons. The quantitative estimate of drug-likeness (QED) is 0.785. The zero-order valence-corrected chi connectivity index (χ0v) is 10.5. The van der Waals surface area contributed by atoms with Crippen molar-refractivity contribution in [1.29, 1.82) is 0 Å². The minimum atomic E-state index is 0.782. The van der Waals surface area contributed by atoms with Gasteiger partial charge in [0.2, 0.25) is 0 Å². The van der Waals surface area contributed by atoms with Crippen LogP contribution in [0.15, 0.2) is 36.9 Å². The molecular formula is C16H18N2. The highest BCUT2D eigenvalue weighted by Crippen LogP contribution is 2.44. The van der Waals surface area contributed by atoms with E-state index in [1.807, 2.05) is 12.5 Å². The summed E-state index contributed by atoms with van der Waals surface area (Å²) in [6.45, 7) is 1.13. The molecule has 92 valence electrons. The van der Waals surface area contributed by atoms with Gasteiger partial charge in [-0.25, -0.2) is 4.98 Å². The molecule has 2 nitrogen and oxygen atoms in total. The second-order valence-corrected chi connectivity index (χ2v) is 5.79. The van der Waals surface area contributed by atoms with Gasteiger partial charge in [-0.2, -0.15) is 0 Å². The lowest BCUT2D eigenvalue weighted by atomic mass is 9.78. The molecule has 0 bridgehead atoms. The van der Waals surface area contributed by atoms with Gasteiger partial charge in [-0.05, 0) is 54.2 Å². The van der Waals surface area contributed by atoms with E-state index in [-0.39, 0.29) is 0 Å². The van der Waals surface area contributed by atoms with Crippen LogP contribution < -0.4 is 0 Å². The van der Waals surface area contributed by atoms with E-state index in [1.54, 1.807) is 16.7 Å². The first kappa shape index (κ1) is 10.4. The summed E-state index contributed by atoms with van der Waals surface area (Å²) in [6.07, 6.45) is 11.2. The van der Waals surface area contributed by atoms with Crippen LogP contribution in [0, 0.1) is 5.92 Å². The Kier molecular flexibility index (Phi) is 2.29. The minimum absolute atomic E-state index is 0.782. The Morgan fingerprint density at radius 2 is 2.22 bits per heavy atom. The molecular weight excluding hydrogens is 220 g/mol. The third-order valence-corrected chi connectivity index (χ3v) is 4.61. The number of hydrogen-bond donors (Lipinski definition) is 0. The van der Waals surface area contributed by atoms with E-state index in [1.165, 1.54) is 25.7 Å². The van der Waals surface area contributed by atoms with Crippen molar-refractivity contribution in [3.63, 3.8) is 0 Å². The van der Waals surface area contributed by atoms with Crippen LogP contribution in [-0.4, -0.2) is 9.55 Å². The molecule has 2 heteroatoms. The molecule has 0 unspecified atom stereocenters. The summed E-state index contributed by atoms with van der Waals surface area (Å²) >= 11 is 0. The summed E-state index contributed by atoms with van der Waals surface area (Å²) in [4.78, 5) is 4.14. The van der Waals surface area contributed by atoms with Crippen LogP contribution in [0.5, 0.6) is 0 Å². The molecule has 0 fully saturated rings. The molecule has 0 saturated heterocycles. The van der Waals surface area contributed by atoms with Crippen molar-refractivity contribution in [2.24, 2.45) is 5.92 Å². The van der Waals surface area contributed by atoms with Crippen LogP contribution in [-0.2, 0) is 19.4 Å². The molecule has 0 N–H and O–H groups in total. The maximum Gasteiger partial charge on any atom is 0.0945 e. The van der Waals surface area contributed by atoms with Crippen LogP contribution in [0.4, 0.5) is 0 Å². The number of aromatic nitrogens is 2. The first-order valence-electron chi connectivity index (χ1n) is 6.96. The Labute approximate surface area is 108 Å². The maximum absolute atomic E-state index is 4.14. The van der Waals surface area contributed by atoms with E-state index in [9.17, 15) is 0 Å².